The normalized spacial score (nSPS) is 11.5. The van der Waals surface area contributed by atoms with Crippen molar-refractivity contribution >= 4 is 53.1 Å². The second-order valence-electron chi connectivity index (χ2n) is 12.8. The van der Waals surface area contributed by atoms with E-state index in [1.165, 1.54) is 47.6 Å². The summed E-state index contributed by atoms with van der Waals surface area (Å²) < 4.78 is 2.43. The molecule has 0 radical (unpaired) electrons. The van der Waals surface area contributed by atoms with E-state index < -0.39 is 0 Å². The fourth-order valence-electron chi connectivity index (χ4n) is 7.30. The highest BCUT2D eigenvalue weighted by Gasteiger charge is 2.19. The van der Waals surface area contributed by atoms with E-state index in [0.717, 1.165) is 33.0 Å². The first-order valence-electron chi connectivity index (χ1n) is 17.1. The van der Waals surface area contributed by atoms with Crippen molar-refractivity contribution in [3.05, 3.63) is 176 Å². The summed E-state index contributed by atoms with van der Waals surface area (Å²) in [7, 11) is 0. The van der Waals surface area contributed by atoms with E-state index in [-0.39, 0.29) is 0 Å². The van der Waals surface area contributed by atoms with Gasteiger partial charge in [-0.25, -0.2) is 15.0 Å². The topological polar surface area (TPSA) is 38.7 Å². The van der Waals surface area contributed by atoms with Gasteiger partial charge in [0.1, 0.15) is 0 Å². The van der Waals surface area contributed by atoms with Gasteiger partial charge < -0.3 is 0 Å². The summed E-state index contributed by atoms with van der Waals surface area (Å²) in [6.07, 6.45) is 0. The van der Waals surface area contributed by atoms with Crippen LogP contribution in [0.4, 0.5) is 0 Å². The summed E-state index contributed by atoms with van der Waals surface area (Å²) in [6.45, 7) is 0. The third-order valence-corrected chi connectivity index (χ3v) is 11.0. The molecule has 3 nitrogen and oxygen atoms in total. The maximum atomic E-state index is 5.27. The van der Waals surface area contributed by atoms with Gasteiger partial charge in [-0.15, -0.1) is 11.3 Å². The molecule has 0 saturated carbocycles. The third-order valence-electron chi connectivity index (χ3n) is 9.78. The average molecular weight is 668 g/mol. The van der Waals surface area contributed by atoms with Gasteiger partial charge >= 0.3 is 0 Å². The first-order chi connectivity index (χ1) is 25.3. The first kappa shape index (κ1) is 29.4. The Morgan fingerprint density at radius 3 is 1.63 bits per heavy atom. The molecule has 0 aliphatic rings. The van der Waals surface area contributed by atoms with Crippen molar-refractivity contribution in [2.24, 2.45) is 0 Å². The zero-order valence-electron chi connectivity index (χ0n) is 27.5. The maximum Gasteiger partial charge on any atom is 0.165 e. The highest BCUT2D eigenvalue weighted by Crippen LogP contribution is 2.41. The fourth-order valence-corrected chi connectivity index (χ4v) is 8.51. The number of hydrogen-bond acceptors (Lipinski definition) is 4. The van der Waals surface area contributed by atoms with E-state index in [1.54, 1.807) is 11.3 Å². The van der Waals surface area contributed by atoms with Crippen LogP contribution in [0.1, 0.15) is 0 Å². The second-order valence-corrected chi connectivity index (χ2v) is 13.8. The first-order valence-corrected chi connectivity index (χ1v) is 17.9. The molecule has 0 bridgehead atoms. The number of rotatable bonds is 5. The summed E-state index contributed by atoms with van der Waals surface area (Å²) in [5.41, 5.74) is 7.66. The lowest BCUT2D eigenvalue weighted by molar-refractivity contribution is 1.08. The van der Waals surface area contributed by atoms with Gasteiger partial charge in [-0.05, 0) is 62.0 Å². The van der Waals surface area contributed by atoms with Crippen LogP contribution in [0.15, 0.2) is 176 Å². The molecule has 2 aromatic heterocycles. The standard InChI is InChI=1S/C47H29N3S/c1-2-12-30(13-3-1)31-24-26-33(27-25-31)45-48-46(50-47(49-45)42-22-11-21-40-39-19-8-9-23-43(39)51-44(40)42)41-29-28-38(36-17-6-7-18-37(36)41)35-20-10-15-32-14-4-5-16-34(32)35/h1-29H. The molecular weight excluding hydrogens is 639 g/mol. The molecule has 10 rings (SSSR count). The summed E-state index contributed by atoms with van der Waals surface area (Å²) in [6, 6.07) is 62.1. The number of nitrogens with zero attached hydrogens (tertiary/aromatic N) is 3. The van der Waals surface area contributed by atoms with Crippen molar-refractivity contribution in [3.8, 4) is 56.4 Å². The Hall–Kier alpha value is -6.49. The van der Waals surface area contributed by atoms with Gasteiger partial charge in [0.05, 0.1) is 0 Å². The smallest absolute Gasteiger partial charge is 0.165 e. The quantitative estimate of drug-likeness (QED) is 0.183. The lowest BCUT2D eigenvalue weighted by Gasteiger charge is -2.14. The van der Waals surface area contributed by atoms with Crippen molar-refractivity contribution in [2.45, 2.75) is 0 Å². The predicted octanol–water partition coefficient (Wildman–Crippen LogP) is 12.9. The molecule has 0 saturated heterocycles. The second kappa shape index (κ2) is 12.1. The minimum Gasteiger partial charge on any atom is -0.208 e. The molecule has 0 spiro atoms. The zero-order valence-corrected chi connectivity index (χ0v) is 28.3. The molecule has 8 aromatic carbocycles. The largest absolute Gasteiger partial charge is 0.208 e. The lowest BCUT2D eigenvalue weighted by atomic mass is 9.92. The van der Waals surface area contributed by atoms with Crippen LogP contribution < -0.4 is 0 Å². The lowest BCUT2D eigenvalue weighted by Crippen LogP contribution is -2.01. The molecule has 0 fully saturated rings. The highest BCUT2D eigenvalue weighted by molar-refractivity contribution is 7.26. The molecule has 0 amide bonds. The van der Waals surface area contributed by atoms with Gasteiger partial charge in [0.2, 0.25) is 0 Å². The van der Waals surface area contributed by atoms with Crippen LogP contribution in [0.25, 0.3) is 98.1 Å². The van der Waals surface area contributed by atoms with Crippen LogP contribution in [0, 0.1) is 0 Å². The number of thiophene rings is 1. The SMILES string of the molecule is c1ccc(-c2ccc(-c3nc(-c4ccc(-c5cccc6ccccc56)c5ccccc45)nc(-c4cccc5c4sc4ccccc45)n3)cc2)cc1. The van der Waals surface area contributed by atoms with E-state index >= 15 is 0 Å². The monoisotopic (exact) mass is 667 g/mol. The van der Waals surface area contributed by atoms with Gasteiger partial charge in [0, 0.05) is 36.9 Å². The Morgan fingerprint density at radius 1 is 0.294 bits per heavy atom. The van der Waals surface area contributed by atoms with Crippen molar-refractivity contribution in [2.75, 3.05) is 0 Å². The van der Waals surface area contributed by atoms with Crippen LogP contribution in [-0.2, 0) is 0 Å². The summed E-state index contributed by atoms with van der Waals surface area (Å²) in [5, 5.41) is 7.19. The molecule has 0 N–H and O–H groups in total. The molecule has 51 heavy (non-hydrogen) atoms. The van der Waals surface area contributed by atoms with Crippen molar-refractivity contribution < 1.29 is 0 Å². The van der Waals surface area contributed by atoms with Crippen LogP contribution in [-0.4, -0.2) is 15.0 Å². The van der Waals surface area contributed by atoms with Crippen molar-refractivity contribution in [1.82, 2.24) is 15.0 Å². The van der Waals surface area contributed by atoms with Crippen molar-refractivity contribution in [1.29, 1.82) is 0 Å². The van der Waals surface area contributed by atoms with Gasteiger partial charge in [-0.2, -0.15) is 0 Å². The minimum absolute atomic E-state index is 0.648. The van der Waals surface area contributed by atoms with Crippen LogP contribution in [0.3, 0.4) is 0 Å². The van der Waals surface area contributed by atoms with Gasteiger partial charge in [0.25, 0.3) is 0 Å². The average Bonchev–Trinajstić information content (AvgIpc) is 3.59. The van der Waals surface area contributed by atoms with Crippen molar-refractivity contribution in [3.63, 3.8) is 0 Å². The number of aromatic nitrogens is 3. The molecular formula is C47H29N3S. The van der Waals surface area contributed by atoms with Gasteiger partial charge in [-0.3, -0.25) is 0 Å². The maximum absolute atomic E-state index is 5.27. The molecule has 0 aliphatic carbocycles. The zero-order chi connectivity index (χ0) is 33.7. The summed E-state index contributed by atoms with van der Waals surface area (Å²) in [4.78, 5) is 15.7. The molecule has 2 heterocycles. The minimum atomic E-state index is 0.648. The summed E-state index contributed by atoms with van der Waals surface area (Å²) in [5.74, 6) is 1.97. The molecule has 238 valence electrons. The number of fused-ring (bicyclic) bond motifs is 5. The van der Waals surface area contributed by atoms with E-state index in [9.17, 15) is 0 Å². The molecule has 10 aromatic rings. The Bertz CT molecular complexity index is 2900. The van der Waals surface area contributed by atoms with Crippen LogP contribution in [0.5, 0.6) is 0 Å². The molecule has 4 heteroatoms. The Morgan fingerprint density at radius 2 is 0.804 bits per heavy atom. The number of benzene rings is 8. The van der Waals surface area contributed by atoms with E-state index in [1.807, 2.05) is 6.07 Å². The molecule has 0 aliphatic heterocycles. The molecule has 0 atom stereocenters. The highest BCUT2D eigenvalue weighted by atomic mass is 32.1. The van der Waals surface area contributed by atoms with E-state index in [2.05, 4.69) is 170 Å². The van der Waals surface area contributed by atoms with Crippen LogP contribution >= 0.6 is 11.3 Å². The van der Waals surface area contributed by atoms with Gasteiger partial charge in [-0.1, -0.05) is 158 Å². The fraction of sp³-hybridized carbons (Fsp3) is 0. The van der Waals surface area contributed by atoms with Gasteiger partial charge in [0.15, 0.2) is 17.5 Å². The van der Waals surface area contributed by atoms with E-state index in [4.69, 9.17) is 15.0 Å². The number of hydrogen-bond donors (Lipinski definition) is 0. The Balaban J connectivity index is 1.19. The Labute approximate surface area is 299 Å². The molecule has 0 unspecified atom stereocenters. The van der Waals surface area contributed by atoms with E-state index in [0.29, 0.717) is 17.5 Å². The van der Waals surface area contributed by atoms with Crippen LogP contribution in [0.2, 0.25) is 0 Å². The Kier molecular flexibility index (Phi) is 7.00. The third kappa shape index (κ3) is 5.08. The summed E-state index contributed by atoms with van der Waals surface area (Å²) >= 11 is 1.79. The predicted molar refractivity (Wildman–Crippen MR) is 215 cm³/mol.